The number of hydrogen-bond donors (Lipinski definition) is 0. The number of hydrogen-bond acceptors (Lipinski definition) is 3. The fourth-order valence-corrected chi connectivity index (χ4v) is 5.67. The molecule has 0 unspecified atom stereocenters. The molecule has 0 aromatic heterocycles. The van der Waals surface area contributed by atoms with Gasteiger partial charge in [-0.2, -0.15) is 5.26 Å². The lowest BCUT2D eigenvalue weighted by atomic mass is 9.70. The molecule has 2 heterocycles. The molecule has 27 heavy (non-hydrogen) atoms. The molecule has 3 aromatic carbocycles. The van der Waals surface area contributed by atoms with E-state index in [1.165, 1.54) is 5.56 Å². The van der Waals surface area contributed by atoms with Gasteiger partial charge in [-0.25, -0.2) is 0 Å². The third-order valence-electron chi connectivity index (χ3n) is 6.55. The molecular weight excluding hydrogens is 332 g/mol. The summed E-state index contributed by atoms with van der Waals surface area (Å²) in [6, 6.07) is 24.6. The van der Waals surface area contributed by atoms with Gasteiger partial charge in [0.2, 0.25) is 0 Å². The van der Waals surface area contributed by atoms with Gasteiger partial charge in [0.05, 0.1) is 12.1 Å². The maximum Gasteiger partial charge on any atom is 0.179 e. The van der Waals surface area contributed by atoms with Crippen molar-refractivity contribution in [3.8, 4) is 6.07 Å². The Balaban J connectivity index is 1.71. The van der Waals surface area contributed by atoms with E-state index in [-0.39, 0.29) is 17.7 Å². The summed E-state index contributed by atoms with van der Waals surface area (Å²) >= 11 is 0. The molecule has 4 atom stereocenters. The smallest absolute Gasteiger partial charge is 0.179 e. The van der Waals surface area contributed by atoms with E-state index in [2.05, 4.69) is 35.2 Å². The summed E-state index contributed by atoms with van der Waals surface area (Å²) < 4.78 is 0. The van der Waals surface area contributed by atoms with Gasteiger partial charge in [0, 0.05) is 11.6 Å². The number of para-hydroxylation sites is 1. The van der Waals surface area contributed by atoms with Crippen LogP contribution < -0.4 is 4.90 Å². The van der Waals surface area contributed by atoms with E-state index < -0.39 is 11.5 Å². The van der Waals surface area contributed by atoms with Crippen molar-refractivity contribution >= 4 is 22.2 Å². The predicted molar refractivity (Wildman–Crippen MR) is 105 cm³/mol. The molecule has 3 aromatic rings. The van der Waals surface area contributed by atoms with Crippen LogP contribution in [0.2, 0.25) is 0 Å². The number of ketones is 1. The van der Waals surface area contributed by atoms with Crippen LogP contribution >= 0.6 is 0 Å². The molecule has 0 radical (unpaired) electrons. The van der Waals surface area contributed by atoms with E-state index >= 15 is 0 Å². The topological polar surface area (TPSA) is 44.1 Å². The first-order valence-electron chi connectivity index (χ1n) is 9.26. The van der Waals surface area contributed by atoms with Crippen molar-refractivity contribution in [2.24, 2.45) is 0 Å². The summed E-state index contributed by atoms with van der Waals surface area (Å²) in [4.78, 5) is 15.3. The number of nitriles is 1. The first kappa shape index (κ1) is 14.8. The second-order valence-corrected chi connectivity index (χ2v) is 7.61. The third-order valence-corrected chi connectivity index (χ3v) is 6.55. The molecule has 2 bridgehead atoms. The van der Waals surface area contributed by atoms with Crippen molar-refractivity contribution in [3.05, 3.63) is 90.0 Å². The zero-order valence-electron chi connectivity index (χ0n) is 14.5. The van der Waals surface area contributed by atoms with Crippen LogP contribution in [0, 0.1) is 11.3 Å². The van der Waals surface area contributed by atoms with Gasteiger partial charge in [-0.15, -0.1) is 0 Å². The largest absolute Gasteiger partial charge is 0.352 e. The van der Waals surface area contributed by atoms with Crippen molar-refractivity contribution in [3.63, 3.8) is 0 Å². The highest BCUT2D eigenvalue weighted by molar-refractivity contribution is 6.06. The Bertz CT molecular complexity index is 1180. The molecule has 1 aliphatic carbocycles. The summed E-state index contributed by atoms with van der Waals surface area (Å²) in [6.45, 7) is 0. The Morgan fingerprint density at radius 2 is 1.74 bits per heavy atom. The summed E-state index contributed by atoms with van der Waals surface area (Å²) in [5.41, 5.74) is 2.34. The summed E-state index contributed by atoms with van der Waals surface area (Å²) in [7, 11) is 0. The van der Waals surface area contributed by atoms with Crippen LogP contribution in [-0.4, -0.2) is 17.9 Å². The minimum atomic E-state index is -0.857. The number of rotatable bonds is 1. The van der Waals surface area contributed by atoms with Gasteiger partial charge in [0.15, 0.2) is 5.78 Å². The van der Waals surface area contributed by atoms with Gasteiger partial charge < -0.3 is 4.90 Å². The SMILES string of the molecule is N#C[C@@]12c3cccc4cccc(c34)[C@@H]1[C@H]1C=CC(=O)[C@@H]2N1c1ccccc1. The molecule has 128 valence electrons. The van der Waals surface area contributed by atoms with Gasteiger partial charge in [0.25, 0.3) is 0 Å². The van der Waals surface area contributed by atoms with E-state index in [0.717, 1.165) is 22.0 Å². The summed E-state index contributed by atoms with van der Waals surface area (Å²) in [5.74, 6) is -0.0273. The minimum Gasteiger partial charge on any atom is -0.352 e. The first-order chi connectivity index (χ1) is 13.3. The van der Waals surface area contributed by atoms with Crippen LogP contribution in [0.15, 0.2) is 78.9 Å². The Kier molecular flexibility index (Phi) is 2.66. The Hall–Kier alpha value is -3.38. The lowest BCUT2D eigenvalue weighted by Gasteiger charge is -2.36. The number of fused-ring (bicyclic) bond motifs is 7. The van der Waals surface area contributed by atoms with Gasteiger partial charge in [0.1, 0.15) is 11.5 Å². The Labute approximate surface area is 157 Å². The van der Waals surface area contributed by atoms with E-state index in [4.69, 9.17) is 0 Å². The van der Waals surface area contributed by atoms with Gasteiger partial charge >= 0.3 is 0 Å². The number of carbonyl (C=O) groups is 1. The molecule has 1 fully saturated rings. The molecule has 0 saturated carbocycles. The van der Waals surface area contributed by atoms with Crippen molar-refractivity contribution in [1.82, 2.24) is 0 Å². The Morgan fingerprint density at radius 1 is 0.963 bits per heavy atom. The second-order valence-electron chi connectivity index (χ2n) is 7.61. The molecule has 1 saturated heterocycles. The molecule has 2 aliphatic heterocycles. The van der Waals surface area contributed by atoms with Crippen LogP contribution in [0.5, 0.6) is 0 Å². The molecule has 3 heteroatoms. The number of nitrogens with zero attached hydrogens (tertiary/aromatic N) is 2. The first-order valence-corrected chi connectivity index (χ1v) is 9.26. The average molecular weight is 348 g/mol. The van der Waals surface area contributed by atoms with Gasteiger partial charge in [-0.1, -0.05) is 60.7 Å². The maximum absolute atomic E-state index is 13.1. The van der Waals surface area contributed by atoms with E-state index in [1.54, 1.807) is 6.08 Å². The second kappa shape index (κ2) is 4.86. The van der Waals surface area contributed by atoms with Gasteiger partial charge in [-0.05, 0) is 40.1 Å². The zero-order valence-corrected chi connectivity index (χ0v) is 14.5. The summed E-state index contributed by atoms with van der Waals surface area (Å²) in [6.07, 6.45) is 3.69. The van der Waals surface area contributed by atoms with Crippen LogP contribution in [0.25, 0.3) is 10.8 Å². The van der Waals surface area contributed by atoms with Crippen LogP contribution in [0.1, 0.15) is 17.0 Å². The van der Waals surface area contributed by atoms with Crippen molar-refractivity contribution in [1.29, 1.82) is 5.26 Å². The average Bonchev–Trinajstić information content (AvgIpc) is 3.13. The molecule has 0 spiro atoms. The lowest BCUT2D eigenvalue weighted by Crippen LogP contribution is -2.49. The van der Waals surface area contributed by atoms with E-state index in [9.17, 15) is 10.1 Å². The standard InChI is InChI=1S/C24H16N2O/c25-14-24-18-11-5-7-15-6-4-10-17(21(15)18)22(24)19-12-13-20(27)23(24)26(19)16-8-2-1-3-9-16/h1-13,19,22-23H/t19-,22-,23+,24-/m1/s1. The fourth-order valence-electron chi connectivity index (χ4n) is 5.67. The maximum atomic E-state index is 13.1. The van der Waals surface area contributed by atoms with Crippen molar-refractivity contribution in [2.45, 2.75) is 23.4 Å². The molecule has 6 rings (SSSR count). The van der Waals surface area contributed by atoms with E-state index in [0.29, 0.717) is 0 Å². The molecule has 3 nitrogen and oxygen atoms in total. The van der Waals surface area contributed by atoms with Crippen molar-refractivity contribution < 1.29 is 4.79 Å². The molecule has 3 aliphatic rings. The quantitative estimate of drug-likeness (QED) is 0.665. The van der Waals surface area contributed by atoms with Gasteiger partial charge in [-0.3, -0.25) is 4.79 Å². The number of benzene rings is 3. The number of carbonyl (C=O) groups excluding carboxylic acids is 1. The Morgan fingerprint density at radius 3 is 2.52 bits per heavy atom. The normalized spacial score (nSPS) is 29.8. The van der Waals surface area contributed by atoms with E-state index in [1.807, 2.05) is 48.5 Å². The molecule has 0 amide bonds. The predicted octanol–water partition coefficient (Wildman–Crippen LogP) is 4.09. The minimum absolute atomic E-state index is 0.00671. The van der Waals surface area contributed by atoms with Crippen LogP contribution in [0.4, 0.5) is 5.69 Å². The highest BCUT2D eigenvalue weighted by Crippen LogP contribution is 2.62. The zero-order chi connectivity index (χ0) is 18.2. The fraction of sp³-hybridized carbons (Fsp3) is 0.167. The van der Waals surface area contributed by atoms with Crippen molar-refractivity contribution in [2.75, 3.05) is 4.90 Å². The highest BCUT2D eigenvalue weighted by Gasteiger charge is 2.67. The van der Waals surface area contributed by atoms with Crippen LogP contribution in [-0.2, 0) is 10.2 Å². The van der Waals surface area contributed by atoms with Crippen LogP contribution in [0.3, 0.4) is 0 Å². The highest BCUT2D eigenvalue weighted by atomic mass is 16.1. The monoisotopic (exact) mass is 348 g/mol. The molecular formula is C24H16N2O. The summed E-state index contributed by atoms with van der Waals surface area (Å²) in [5, 5.41) is 12.8. The number of anilines is 1. The molecule has 0 N–H and O–H groups in total. The third kappa shape index (κ3) is 1.56. The lowest BCUT2D eigenvalue weighted by molar-refractivity contribution is -0.116.